The van der Waals surface area contributed by atoms with E-state index in [2.05, 4.69) is 58.1 Å². The molecule has 102 valence electrons. The summed E-state index contributed by atoms with van der Waals surface area (Å²) in [6.07, 6.45) is 0. The Kier molecular flexibility index (Phi) is 6.03. The van der Waals surface area contributed by atoms with Crippen LogP contribution in [0.5, 0.6) is 0 Å². The third-order valence-electron chi connectivity index (χ3n) is 2.29. The van der Waals surface area contributed by atoms with Crippen molar-refractivity contribution in [3.63, 3.8) is 0 Å². The lowest BCUT2D eigenvalue weighted by atomic mass is 10.2. The van der Waals surface area contributed by atoms with Crippen LogP contribution >= 0.6 is 23.4 Å². The van der Waals surface area contributed by atoms with Crippen molar-refractivity contribution in [1.29, 1.82) is 0 Å². The second-order valence-corrected chi connectivity index (χ2v) is 8.28. The van der Waals surface area contributed by atoms with Gasteiger partial charge in [-0.2, -0.15) is 0 Å². The number of hydrogen-bond donors (Lipinski definition) is 1. The van der Waals surface area contributed by atoms with Gasteiger partial charge in [-0.25, -0.2) is 0 Å². The standard InChI is InChI=1S/C15H24ClNS/c1-11(2)9-17-10-12-6-7-14(13(16)8-12)18-15(3,4)5/h6-8,11,17H,9-10H2,1-5H3. The van der Waals surface area contributed by atoms with Gasteiger partial charge in [-0.15, -0.1) is 11.8 Å². The first-order valence-corrected chi connectivity index (χ1v) is 7.65. The van der Waals surface area contributed by atoms with Gasteiger partial charge in [-0.1, -0.05) is 52.3 Å². The summed E-state index contributed by atoms with van der Waals surface area (Å²) in [6, 6.07) is 6.36. The molecule has 0 aliphatic heterocycles. The highest BCUT2D eigenvalue weighted by Crippen LogP contribution is 2.36. The zero-order valence-electron chi connectivity index (χ0n) is 12.0. The number of thioether (sulfide) groups is 1. The quantitative estimate of drug-likeness (QED) is 0.766. The van der Waals surface area contributed by atoms with E-state index >= 15 is 0 Å². The van der Waals surface area contributed by atoms with Gasteiger partial charge in [-0.3, -0.25) is 0 Å². The number of nitrogens with one attached hydrogen (secondary N) is 1. The molecule has 0 saturated carbocycles. The molecule has 0 heterocycles. The first kappa shape index (κ1) is 15.9. The van der Waals surface area contributed by atoms with Crippen molar-refractivity contribution in [2.75, 3.05) is 6.54 Å². The Morgan fingerprint density at radius 3 is 2.44 bits per heavy atom. The molecular weight excluding hydrogens is 262 g/mol. The first-order valence-electron chi connectivity index (χ1n) is 6.46. The van der Waals surface area contributed by atoms with Crippen molar-refractivity contribution < 1.29 is 0 Å². The average Bonchev–Trinajstić information content (AvgIpc) is 2.19. The van der Waals surface area contributed by atoms with Crippen LogP contribution < -0.4 is 5.32 Å². The molecule has 0 amide bonds. The molecule has 3 heteroatoms. The fourth-order valence-electron chi connectivity index (χ4n) is 1.57. The van der Waals surface area contributed by atoms with Crippen LogP contribution in [-0.4, -0.2) is 11.3 Å². The van der Waals surface area contributed by atoms with Crippen LogP contribution in [0.4, 0.5) is 0 Å². The minimum atomic E-state index is 0.195. The van der Waals surface area contributed by atoms with Crippen molar-refractivity contribution in [3.05, 3.63) is 28.8 Å². The lowest BCUT2D eigenvalue weighted by Gasteiger charge is -2.18. The van der Waals surface area contributed by atoms with Gasteiger partial charge >= 0.3 is 0 Å². The van der Waals surface area contributed by atoms with Crippen LogP contribution in [0.15, 0.2) is 23.1 Å². The summed E-state index contributed by atoms with van der Waals surface area (Å²) in [5.74, 6) is 0.677. The maximum Gasteiger partial charge on any atom is 0.0545 e. The number of rotatable bonds is 5. The molecule has 0 fully saturated rings. The summed E-state index contributed by atoms with van der Waals surface area (Å²) in [5.41, 5.74) is 1.25. The van der Waals surface area contributed by atoms with Gasteiger partial charge < -0.3 is 5.32 Å². The highest BCUT2D eigenvalue weighted by molar-refractivity contribution is 8.00. The number of hydrogen-bond acceptors (Lipinski definition) is 2. The van der Waals surface area contributed by atoms with Crippen LogP contribution in [0.3, 0.4) is 0 Å². The zero-order valence-corrected chi connectivity index (χ0v) is 13.6. The monoisotopic (exact) mass is 285 g/mol. The van der Waals surface area contributed by atoms with Crippen LogP contribution in [-0.2, 0) is 6.54 Å². The molecular formula is C15H24ClNS. The molecule has 0 aliphatic carbocycles. The van der Waals surface area contributed by atoms with Crippen molar-refractivity contribution in [2.24, 2.45) is 5.92 Å². The van der Waals surface area contributed by atoms with Gasteiger partial charge in [0.1, 0.15) is 0 Å². The molecule has 1 aromatic carbocycles. The lowest BCUT2D eigenvalue weighted by molar-refractivity contribution is 0.552. The summed E-state index contributed by atoms with van der Waals surface area (Å²) < 4.78 is 0.195. The summed E-state index contributed by atoms with van der Waals surface area (Å²) in [6.45, 7) is 12.9. The second kappa shape index (κ2) is 6.83. The van der Waals surface area contributed by atoms with E-state index in [0.717, 1.165) is 23.0 Å². The maximum absolute atomic E-state index is 6.33. The Balaban J connectivity index is 2.62. The molecule has 0 aromatic heterocycles. The van der Waals surface area contributed by atoms with E-state index in [1.165, 1.54) is 5.56 Å². The molecule has 0 unspecified atom stereocenters. The Morgan fingerprint density at radius 2 is 1.94 bits per heavy atom. The Bertz CT molecular complexity index is 383. The van der Waals surface area contributed by atoms with Crippen molar-refractivity contribution in [2.45, 2.75) is 50.8 Å². The predicted molar refractivity (Wildman–Crippen MR) is 83.6 cm³/mol. The molecule has 18 heavy (non-hydrogen) atoms. The Hall–Kier alpha value is -0.180. The topological polar surface area (TPSA) is 12.0 Å². The fraction of sp³-hybridized carbons (Fsp3) is 0.600. The molecule has 0 bridgehead atoms. The Morgan fingerprint density at radius 1 is 1.28 bits per heavy atom. The van der Waals surface area contributed by atoms with Gasteiger partial charge in [0, 0.05) is 16.2 Å². The fourth-order valence-corrected chi connectivity index (χ4v) is 2.84. The van der Waals surface area contributed by atoms with Crippen molar-refractivity contribution in [1.82, 2.24) is 5.32 Å². The normalized spacial score (nSPS) is 12.2. The van der Waals surface area contributed by atoms with Gasteiger partial charge in [0.05, 0.1) is 5.02 Å². The third kappa shape index (κ3) is 6.12. The van der Waals surface area contributed by atoms with Gasteiger partial charge in [0.2, 0.25) is 0 Å². The van der Waals surface area contributed by atoms with Crippen LogP contribution in [0.25, 0.3) is 0 Å². The molecule has 0 radical (unpaired) electrons. The van der Waals surface area contributed by atoms with Gasteiger partial charge in [0.25, 0.3) is 0 Å². The number of halogens is 1. The Labute approximate surface area is 121 Å². The summed E-state index contributed by atoms with van der Waals surface area (Å²) in [5, 5.41) is 4.29. The van der Waals surface area contributed by atoms with Crippen LogP contribution in [0, 0.1) is 5.92 Å². The van der Waals surface area contributed by atoms with Gasteiger partial charge in [-0.05, 0) is 30.2 Å². The van der Waals surface area contributed by atoms with E-state index in [0.29, 0.717) is 5.92 Å². The average molecular weight is 286 g/mol. The van der Waals surface area contributed by atoms with Crippen LogP contribution in [0.1, 0.15) is 40.2 Å². The highest BCUT2D eigenvalue weighted by Gasteiger charge is 2.14. The molecule has 0 spiro atoms. The van der Waals surface area contributed by atoms with E-state index in [1.54, 1.807) is 0 Å². The number of benzene rings is 1. The van der Waals surface area contributed by atoms with E-state index in [9.17, 15) is 0 Å². The summed E-state index contributed by atoms with van der Waals surface area (Å²) in [7, 11) is 0. The molecule has 1 N–H and O–H groups in total. The van der Waals surface area contributed by atoms with E-state index in [4.69, 9.17) is 11.6 Å². The third-order valence-corrected chi connectivity index (χ3v) is 3.91. The van der Waals surface area contributed by atoms with Gasteiger partial charge in [0.15, 0.2) is 0 Å². The van der Waals surface area contributed by atoms with E-state index < -0.39 is 0 Å². The zero-order chi connectivity index (χ0) is 13.8. The summed E-state index contributed by atoms with van der Waals surface area (Å²) >= 11 is 8.14. The molecule has 0 aliphatic rings. The minimum absolute atomic E-state index is 0.195. The lowest BCUT2D eigenvalue weighted by Crippen LogP contribution is -2.18. The first-order chi connectivity index (χ1) is 8.28. The smallest absolute Gasteiger partial charge is 0.0545 e. The molecule has 1 aromatic rings. The van der Waals surface area contributed by atoms with Crippen LogP contribution in [0.2, 0.25) is 5.02 Å². The maximum atomic E-state index is 6.33. The summed E-state index contributed by atoms with van der Waals surface area (Å²) in [4.78, 5) is 1.16. The highest BCUT2D eigenvalue weighted by atomic mass is 35.5. The second-order valence-electron chi connectivity index (χ2n) is 6.00. The largest absolute Gasteiger partial charge is 0.312 e. The molecule has 0 atom stereocenters. The molecule has 0 saturated heterocycles. The van der Waals surface area contributed by atoms with Crippen molar-refractivity contribution in [3.8, 4) is 0 Å². The SMILES string of the molecule is CC(C)CNCc1ccc(SC(C)(C)C)c(Cl)c1. The predicted octanol–water partition coefficient (Wildman–Crippen LogP) is 4.98. The molecule has 1 rings (SSSR count). The van der Waals surface area contributed by atoms with E-state index in [-0.39, 0.29) is 4.75 Å². The van der Waals surface area contributed by atoms with Crippen molar-refractivity contribution >= 4 is 23.4 Å². The molecule has 1 nitrogen and oxygen atoms in total. The minimum Gasteiger partial charge on any atom is -0.312 e. The van der Waals surface area contributed by atoms with E-state index in [1.807, 2.05) is 11.8 Å².